The van der Waals surface area contributed by atoms with Gasteiger partial charge in [0, 0.05) is 32.4 Å². The van der Waals surface area contributed by atoms with Gasteiger partial charge in [-0.1, -0.05) is 35.3 Å². The highest BCUT2D eigenvalue weighted by Crippen LogP contribution is 2.31. The third kappa shape index (κ3) is 5.95. The Bertz CT molecular complexity index is 903. The first kappa shape index (κ1) is 24.6. The molecule has 30 heavy (non-hydrogen) atoms. The molecule has 1 aromatic heterocycles. The first-order chi connectivity index (χ1) is 14.0. The fourth-order valence-corrected chi connectivity index (χ4v) is 3.50. The van der Waals surface area contributed by atoms with Crippen LogP contribution in [0.1, 0.15) is 19.0 Å². The van der Waals surface area contributed by atoms with Gasteiger partial charge in [-0.15, -0.1) is 24.0 Å². The maximum Gasteiger partial charge on any atom is 0.265 e. The van der Waals surface area contributed by atoms with Gasteiger partial charge in [0.05, 0.1) is 17.3 Å². The van der Waals surface area contributed by atoms with Gasteiger partial charge in [0.15, 0.2) is 12.6 Å². The molecule has 0 radical (unpaired) electrons. The van der Waals surface area contributed by atoms with Gasteiger partial charge in [-0.3, -0.25) is 4.79 Å². The zero-order valence-corrected chi connectivity index (χ0v) is 20.8. The van der Waals surface area contributed by atoms with Crippen LogP contribution in [0.2, 0.25) is 10.2 Å². The topological polar surface area (TPSA) is 70.9 Å². The van der Waals surface area contributed by atoms with Gasteiger partial charge in [0.2, 0.25) is 0 Å². The van der Waals surface area contributed by atoms with Gasteiger partial charge in [-0.25, -0.2) is 4.99 Å². The van der Waals surface area contributed by atoms with Crippen molar-refractivity contribution >= 4 is 64.7 Å². The number of halogens is 3. The number of hydrogen-bond donors (Lipinski definition) is 2. The number of amides is 1. The molecule has 0 atom stereocenters. The van der Waals surface area contributed by atoms with Crippen LogP contribution in [0.25, 0.3) is 0 Å². The standard InChI is InChI=1S/C20H25Cl2N5O2.HI/c1-3-23-20(25-12-14-11-15(21)19(22)26(14)2)24-9-6-10-27-16-7-4-5-8-17(16)29-13-18(27)28;/h4-5,7-8,11H,3,6,9-10,12-13H2,1-2H3,(H2,23,24,25);1H. The molecule has 0 unspecified atom stereocenters. The Kier molecular flexibility index (Phi) is 9.57. The van der Waals surface area contributed by atoms with Crippen LogP contribution in [0.5, 0.6) is 5.75 Å². The fraction of sp³-hybridized carbons (Fsp3) is 0.400. The van der Waals surface area contributed by atoms with Crippen molar-refractivity contribution in [2.75, 3.05) is 31.1 Å². The lowest BCUT2D eigenvalue weighted by atomic mass is 10.2. The van der Waals surface area contributed by atoms with Crippen LogP contribution in [0.15, 0.2) is 35.3 Å². The van der Waals surface area contributed by atoms with Crippen LogP contribution >= 0.6 is 47.2 Å². The summed E-state index contributed by atoms with van der Waals surface area (Å²) >= 11 is 12.2. The number of nitrogens with zero attached hydrogens (tertiary/aromatic N) is 3. The minimum Gasteiger partial charge on any atom is -0.482 e. The summed E-state index contributed by atoms with van der Waals surface area (Å²) in [6.07, 6.45) is 0.770. The fourth-order valence-electron chi connectivity index (χ4n) is 3.09. The first-order valence-corrected chi connectivity index (χ1v) is 10.3. The number of nitrogens with one attached hydrogen (secondary N) is 2. The van der Waals surface area contributed by atoms with Crippen molar-refractivity contribution < 1.29 is 9.53 Å². The molecule has 2 heterocycles. The summed E-state index contributed by atoms with van der Waals surface area (Å²) in [6, 6.07) is 9.41. The van der Waals surface area contributed by atoms with E-state index in [1.807, 2.05) is 48.9 Å². The number of carbonyl (C=O) groups is 1. The highest BCUT2D eigenvalue weighted by Gasteiger charge is 2.24. The average molecular weight is 566 g/mol. The van der Waals surface area contributed by atoms with Crippen molar-refractivity contribution in [3.8, 4) is 5.75 Å². The minimum atomic E-state index is -0.0262. The van der Waals surface area contributed by atoms with Crippen molar-refractivity contribution in [3.05, 3.63) is 46.2 Å². The maximum absolute atomic E-state index is 12.2. The second kappa shape index (κ2) is 11.7. The van der Waals surface area contributed by atoms with Crippen LogP contribution < -0.4 is 20.3 Å². The summed E-state index contributed by atoms with van der Waals surface area (Å²) in [6.45, 7) is 4.57. The van der Waals surface area contributed by atoms with E-state index >= 15 is 0 Å². The molecule has 0 saturated carbocycles. The van der Waals surface area contributed by atoms with E-state index in [0.717, 1.165) is 30.1 Å². The number of hydrogen-bond acceptors (Lipinski definition) is 3. The van der Waals surface area contributed by atoms with Crippen LogP contribution in [0.4, 0.5) is 5.69 Å². The molecule has 1 amide bonds. The van der Waals surface area contributed by atoms with E-state index < -0.39 is 0 Å². The molecule has 10 heteroatoms. The third-order valence-electron chi connectivity index (χ3n) is 4.62. The summed E-state index contributed by atoms with van der Waals surface area (Å²) in [7, 11) is 1.86. The van der Waals surface area contributed by atoms with Gasteiger partial charge in [-0.05, 0) is 31.5 Å². The van der Waals surface area contributed by atoms with Gasteiger partial charge in [-0.2, -0.15) is 0 Å². The molecule has 2 N–H and O–H groups in total. The smallest absolute Gasteiger partial charge is 0.265 e. The molecule has 0 saturated heterocycles. The zero-order valence-electron chi connectivity index (χ0n) is 17.0. The number of aliphatic imine (C=N–C) groups is 1. The van der Waals surface area contributed by atoms with Gasteiger partial charge >= 0.3 is 0 Å². The number of fused-ring (bicyclic) bond motifs is 1. The van der Waals surface area contributed by atoms with Crippen LogP contribution in [0, 0.1) is 0 Å². The molecule has 1 aliphatic heterocycles. The Labute approximate surface area is 203 Å². The van der Waals surface area contributed by atoms with Crippen molar-refractivity contribution in [3.63, 3.8) is 0 Å². The summed E-state index contributed by atoms with van der Waals surface area (Å²) in [5, 5.41) is 7.55. The normalized spacial score (nSPS) is 13.4. The lowest BCUT2D eigenvalue weighted by Gasteiger charge is -2.29. The molecule has 0 fully saturated rings. The molecule has 7 nitrogen and oxygen atoms in total. The van der Waals surface area contributed by atoms with E-state index in [0.29, 0.717) is 35.8 Å². The molecule has 0 spiro atoms. The summed E-state index contributed by atoms with van der Waals surface area (Å²) in [5.74, 6) is 1.42. The quantitative estimate of drug-likeness (QED) is 0.232. The molecular weight excluding hydrogens is 540 g/mol. The second-order valence-corrected chi connectivity index (χ2v) is 7.38. The Morgan fingerprint density at radius 3 is 2.73 bits per heavy atom. The largest absolute Gasteiger partial charge is 0.482 e. The Balaban J connectivity index is 0.00000320. The van der Waals surface area contributed by atoms with Gasteiger partial charge < -0.3 is 24.8 Å². The zero-order chi connectivity index (χ0) is 20.8. The molecule has 0 aliphatic carbocycles. The number of carbonyl (C=O) groups excluding carboxylic acids is 1. The molecule has 164 valence electrons. The van der Waals surface area contributed by atoms with Gasteiger partial charge in [0.1, 0.15) is 10.9 Å². The van der Waals surface area contributed by atoms with E-state index in [1.165, 1.54) is 0 Å². The molecule has 1 aliphatic rings. The molecule has 2 aromatic rings. The summed E-state index contributed by atoms with van der Waals surface area (Å²) in [4.78, 5) is 18.6. The average Bonchev–Trinajstić information content (AvgIpc) is 2.97. The lowest BCUT2D eigenvalue weighted by molar-refractivity contribution is -0.121. The van der Waals surface area contributed by atoms with E-state index in [-0.39, 0.29) is 36.5 Å². The van der Waals surface area contributed by atoms with E-state index in [9.17, 15) is 4.79 Å². The number of aromatic nitrogens is 1. The SMILES string of the molecule is CCNC(=NCc1cc(Cl)c(Cl)n1C)NCCCN1C(=O)COc2ccccc21.I. The number of para-hydroxylation sites is 2. The van der Waals surface area contributed by atoms with Crippen LogP contribution in [-0.2, 0) is 18.4 Å². The second-order valence-electron chi connectivity index (χ2n) is 6.61. The predicted molar refractivity (Wildman–Crippen MR) is 133 cm³/mol. The molecule has 3 rings (SSSR count). The minimum absolute atomic E-state index is 0. The molecular formula is C20H26Cl2IN5O2. The number of anilines is 1. The maximum atomic E-state index is 12.2. The number of benzene rings is 1. The van der Waals surface area contributed by atoms with Crippen LogP contribution in [0.3, 0.4) is 0 Å². The number of ether oxygens (including phenoxy) is 1. The number of guanidine groups is 1. The van der Waals surface area contributed by atoms with E-state index in [2.05, 4.69) is 15.6 Å². The van der Waals surface area contributed by atoms with Crippen LogP contribution in [-0.4, -0.2) is 42.7 Å². The highest BCUT2D eigenvalue weighted by molar-refractivity contribution is 14.0. The van der Waals surface area contributed by atoms with Crippen molar-refractivity contribution in [1.29, 1.82) is 0 Å². The Morgan fingerprint density at radius 1 is 1.27 bits per heavy atom. The van der Waals surface area contributed by atoms with E-state index in [4.69, 9.17) is 27.9 Å². The Morgan fingerprint density at radius 2 is 2.03 bits per heavy atom. The highest BCUT2D eigenvalue weighted by atomic mass is 127. The predicted octanol–water partition coefficient (Wildman–Crippen LogP) is 3.82. The Hall–Kier alpha value is -1.65. The van der Waals surface area contributed by atoms with E-state index in [1.54, 1.807) is 4.90 Å². The monoisotopic (exact) mass is 565 g/mol. The lowest BCUT2D eigenvalue weighted by Crippen LogP contribution is -2.42. The summed E-state index contributed by atoms with van der Waals surface area (Å²) in [5.41, 5.74) is 1.74. The first-order valence-electron chi connectivity index (χ1n) is 9.55. The van der Waals surface area contributed by atoms with Gasteiger partial charge in [0.25, 0.3) is 5.91 Å². The molecule has 1 aromatic carbocycles. The third-order valence-corrected chi connectivity index (χ3v) is 5.46. The molecule has 0 bridgehead atoms. The van der Waals surface area contributed by atoms with Crippen molar-refractivity contribution in [2.45, 2.75) is 19.9 Å². The summed E-state index contributed by atoms with van der Waals surface area (Å²) < 4.78 is 7.30. The van der Waals surface area contributed by atoms with Crippen molar-refractivity contribution in [2.24, 2.45) is 12.0 Å². The number of rotatable bonds is 7. The van der Waals surface area contributed by atoms with Crippen molar-refractivity contribution in [1.82, 2.24) is 15.2 Å².